The first-order valence-electron chi connectivity index (χ1n) is 33.1. The van der Waals surface area contributed by atoms with Gasteiger partial charge >= 0.3 is 0 Å². The van der Waals surface area contributed by atoms with Gasteiger partial charge in [0.05, 0.1) is 32.0 Å². The summed E-state index contributed by atoms with van der Waals surface area (Å²) in [5.41, 5.74) is 0. The van der Waals surface area contributed by atoms with Gasteiger partial charge in [0.15, 0.2) is 12.6 Å². The first-order valence-corrected chi connectivity index (χ1v) is 33.1. The molecule has 2 rings (SSSR count). The van der Waals surface area contributed by atoms with Gasteiger partial charge in [0.2, 0.25) is 5.91 Å². The zero-order valence-corrected chi connectivity index (χ0v) is 50.4. The second-order valence-corrected chi connectivity index (χ2v) is 23.6. The van der Waals surface area contributed by atoms with Crippen molar-refractivity contribution in [1.29, 1.82) is 0 Å². The molecule has 0 aliphatic carbocycles. The molecule has 466 valence electrons. The Morgan fingerprint density at radius 1 is 0.443 bits per heavy atom. The van der Waals surface area contributed by atoms with Crippen molar-refractivity contribution in [2.24, 2.45) is 0 Å². The zero-order valence-electron chi connectivity index (χ0n) is 50.4. The van der Waals surface area contributed by atoms with E-state index >= 15 is 0 Å². The summed E-state index contributed by atoms with van der Waals surface area (Å²) < 4.78 is 22.7. The molecule has 0 radical (unpaired) electrons. The zero-order chi connectivity index (χ0) is 57.4. The normalized spacial score (nSPS) is 24.5. The molecule has 2 aliphatic heterocycles. The summed E-state index contributed by atoms with van der Waals surface area (Å²) in [5, 5.41) is 86.9. The molecular formula is C65H123NO13. The smallest absolute Gasteiger partial charge is 0.220 e. The van der Waals surface area contributed by atoms with Crippen LogP contribution in [0.1, 0.15) is 290 Å². The number of hydrogen-bond donors (Lipinski definition) is 9. The minimum Gasteiger partial charge on any atom is -0.394 e. The summed E-state index contributed by atoms with van der Waals surface area (Å²) in [5.74, 6) is -0.236. The van der Waals surface area contributed by atoms with E-state index in [1.54, 1.807) is 6.08 Å². The maximum absolute atomic E-state index is 13.2. The van der Waals surface area contributed by atoms with Crippen LogP contribution in [0.4, 0.5) is 0 Å². The molecule has 2 saturated heterocycles. The van der Waals surface area contributed by atoms with Crippen LogP contribution in [0, 0.1) is 0 Å². The minimum absolute atomic E-state index is 0.236. The van der Waals surface area contributed by atoms with Gasteiger partial charge in [-0.15, -0.1) is 0 Å². The van der Waals surface area contributed by atoms with Crippen molar-refractivity contribution in [2.45, 2.75) is 364 Å². The largest absolute Gasteiger partial charge is 0.394 e. The predicted molar refractivity (Wildman–Crippen MR) is 318 cm³/mol. The van der Waals surface area contributed by atoms with Crippen LogP contribution in [0.25, 0.3) is 0 Å². The maximum Gasteiger partial charge on any atom is 0.220 e. The summed E-state index contributed by atoms with van der Waals surface area (Å²) in [6.45, 7) is 2.79. The molecular weight excluding hydrogens is 1000 g/mol. The molecule has 9 N–H and O–H groups in total. The van der Waals surface area contributed by atoms with Gasteiger partial charge < -0.3 is 65.1 Å². The van der Waals surface area contributed by atoms with Gasteiger partial charge in [-0.3, -0.25) is 4.79 Å². The van der Waals surface area contributed by atoms with Gasteiger partial charge in [-0.25, -0.2) is 0 Å². The molecule has 0 aromatic rings. The van der Waals surface area contributed by atoms with Crippen LogP contribution in [-0.2, 0) is 23.7 Å². The standard InChI is InChI=1S/C65H123NO13/c1-3-5-7-9-11-13-15-16-17-18-19-20-21-22-23-24-25-26-27-28-29-30-31-32-33-34-35-36-37-38-39-41-43-45-47-49-57(70)66-53(54(69)48-46-44-42-40-14-12-10-8-6-4-2)52-76-64-62(75)60(73)63(56(51-68)78-64)79-65-61(74)59(72)58(71)55(50-67)77-65/h18-19,46,48,53-56,58-65,67-69,71-75H,3-17,20-45,47,49-52H2,1-2H3,(H,66,70)/b19-18-,48-46+. The number of aliphatic hydroxyl groups is 8. The van der Waals surface area contributed by atoms with Gasteiger partial charge in [-0.1, -0.05) is 263 Å². The molecule has 1 amide bonds. The number of ether oxygens (including phenoxy) is 4. The molecule has 12 unspecified atom stereocenters. The van der Waals surface area contributed by atoms with E-state index in [1.165, 1.54) is 225 Å². The topological polar surface area (TPSA) is 228 Å². The van der Waals surface area contributed by atoms with E-state index in [4.69, 9.17) is 18.9 Å². The molecule has 0 spiro atoms. The van der Waals surface area contributed by atoms with Crippen molar-refractivity contribution < 1.29 is 64.6 Å². The number of rotatable bonds is 54. The van der Waals surface area contributed by atoms with E-state index in [-0.39, 0.29) is 18.9 Å². The average Bonchev–Trinajstić information content (AvgIpc) is 3.47. The second-order valence-electron chi connectivity index (χ2n) is 23.6. The van der Waals surface area contributed by atoms with Crippen molar-refractivity contribution in [1.82, 2.24) is 5.32 Å². The van der Waals surface area contributed by atoms with E-state index < -0.39 is 86.8 Å². The van der Waals surface area contributed by atoms with E-state index in [0.29, 0.717) is 6.42 Å². The third-order valence-electron chi connectivity index (χ3n) is 16.4. The Hall–Kier alpha value is -1.53. The van der Waals surface area contributed by atoms with Crippen LogP contribution >= 0.6 is 0 Å². The fourth-order valence-corrected chi connectivity index (χ4v) is 11.1. The van der Waals surface area contributed by atoms with E-state index in [0.717, 1.165) is 38.5 Å². The van der Waals surface area contributed by atoms with Crippen LogP contribution in [0.15, 0.2) is 24.3 Å². The number of hydrogen-bond acceptors (Lipinski definition) is 13. The highest BCUT2D eigenvalue weighted by Crippen LogP contribution is 2.30. The van der Waals surface area contributed by atoms with Crippen molar-refractivity contribution in [3.8, 4) is 0 Å². The predicted octanol–water partition coefficient (Wildman–Crippen LogP) is 12.4. The van der Waals surface area contributed by atoms with Crippen LogP contribution < -0.4 is 5.32 Å². The van der Waals surface area contributed by atoms with Gasteiger partial charge in [-0.05, 0) is 44.9 Å². The quantitative estimate of drug-likeness (QED) is 0.0204. The summed E-state index contributed by atoms with van der Waals surface area (Å²) in [6, 6.07) is -0.910. The van der Waals surface area contributed by atoms with Crippen molar-refractivity contribution in [3.63, 3.8) is 0 Å². The molecule has 2 fully saturated rings. The Labute approximate surface area is 481 Å². The first kappa shape index (κ1) is 73.6. The average molecular weight is 1130 g/mol. The van der Waals surface area contributed by atoms with E-state index in [1.807, 2.05) is 6.08 Å². The summed E-state index contributed by atoms with van der Waals surface area (Å²) in [7, 11) is 0. The third-order valence-corrected chi connectivity index (χ3v) is 16.4. The lowest BCUT2D eigenvalue weighted by atomic mass is 9.97. The number of carbonyl (C=O) groups is 1. The van der Waals surface area contributed by atoms with E-state index in [9.17, 15) is 45.6 Å². The Morgan fingerprint density at radius 2 is 0.797 bits per heavy atom. The summed E-state index contributed by atoms with van der Waals surface area (Å²) >= 11 is 0. The summed E-state index contributed by atoms with van der Waals surface area (Å²) in [6.07, 6.45) is 45.6. The highest BCUT2D eigenvalue weighted by atomic mass is 16.7. The molecule has 14 heteroatoms. The minimum atomic E-state index is -1.79. The Kier molecular flexibility index (Phi) is 47.4. The van der Waals surface area contributed by atoms with Gasteiger partial charge in [0, 0.05) is 6.42 Å². The number of carbonyl (C=O) groups excluding carboxylic acids is 1. The highest BCUT2D eigenvalue weighted by molar-refractivity contribution is 5.76. The fraction of sp³-hybridized carbons (Fsp3) is 0.923. The second kappa shape index (κ2) is 50.9. The third kappa shape index (κ3) is 36.0. The molecule has 79 heavy (non-hydrogen) atoms. The fourth-order valence-electron chi connectivity index (χ4n) is 11.1. The molecule has 14 nitrogen and oxygen atoms in total. The lowest BCUT2D eigenvalue weighted by molar-refractivity contribution is -0.359. The maximum atomic E-state index is 13.2. The molecule has 0 aromatic heterocycles. The number of aliphatic hydroxyl groups excluding tert-OH is 8. The monoisotopic (exact) mass is 1130 g/mol. The molecule has 12 atom stereocenters. The van der Waals surface area contributed by atoms with E-state index in [2.05, 4.69) is 31.3 Å². The van der Waals surface area contributed by atoms with Gasteiger partial charge in [-0.2, -0.15) is 0 Å². The summed E-state index contributed by atoms with van der Waals surface area (Å²) in [4.78, 5) is 13.2. The van der Waals surface area contributed by atoms with Crippen molar-refractivity contribution >= 4 is 5.91 Å². The van der Waals surface area contributed by atoms with Crippen LogP contribution in [0.2, 0.25) is 0 Å². The van der Waals surface area contributed by atoms with Gasteiger partial charge in [0.25, 0.3) is 0 Å². The molecule has 2 aliphatic rings. The van der Waals surface area contributed by atoms with Crippen LogP contribution in [0.5, 0.6) is 0 Å². The van der Waals surface area contributed by atoms with Crippen LogP contribution in [-0.4, -0.2) is 140 Å². The SMILES string of the molecule is CCCCCCCCCC/C=C\CCCCCCCCCCCCCCCCCCCCCCCCCC(=O)NC(COC1OC(CO)C(OC2OC(CO)C(O)C(O)C2O)C(O)C1O)C(O)/C=C/CCCCCCCCCC. The highest BCUT2D eigenvalue weighted by Gasteiger charge is 2.51. The Balaban J connectivity index is 1.56. The number of amides is 1. The Bertz CT molecular complexity index is 1420. The molecule has 2 heterocycles. The number of allylic oxidation sites excluding steroid dienone is 3. The molecule has 0 bridgehead atoms. The van der Waals surface area contributed by atoms with Crippen molar-refractivity contribution in [2.75, 3.05) is 19.8 Å². The first-order chi connectivity index (χ1) is 38.6. The number of unbranched alkanes of at least 4 members (excludes halogenated alkanes) is 39. The van der Waals surface area contributed by atoms with Crippen molar-refractivity contribution in [3.05, 3.63) is 24.3 Å². The lowest BCUT2D eigenvalue weighted by Crippen LogP contribution is -2.65. The number of nitrogens with one attached hydrogen (secondary N) is 1. The van der Waals surface area contributed by atoms with Gasteiger partial charge in [0.1, 0.15) is 48.8 Å². The molecule has 0 aromatic carbocycles. The lowest BCUT2D eigenvalue weighted by Gasteiger charge is -2.46. The molecule has 0 saturated carbocycles. The Morgan fingerprint density at radius 3 is 1.20 bits per heavy atom. The van der Waals surface area contributed by atoms with Crippen LogP contribution in [0.3, 0.4) is 0 Å².